The number of nitrogens with zero attached hydrogens (tertiary/aromatic N) is 2. The maximum atomic E-state index is 13.1. The molecule has 2 aliphatic rings. The normalized spacial score (nSPS) is 25.9. The predicted molar refractivity (Wildman–Crippen MR) is 107 cm³/mol. The molecule has 2 heterocycles. The van der Waals surface area contributed by atoms with Crippen molar-refractivity contribution in [1.29, 1.82) is 0 Å². The lowest BCUT2D eigenvalue weighted by Crippen LogP contribution is -2.51. The SMILES string of the molecule is Cc1cccc(NC(=O)C23CCCC(NC(=O)c4cccc(C)n4)(CC2)C3)n1. The lowest BCUT2D eigenvalue weighted by Gasteiger charge is -2.39. The van der Waals surface area contributed by atoms with Gasteiger partial charge in [-0.25, -0.2) is 9.97 Å². The van der Waals surface area contributed by atoms with Gasteiger partial charge in [0.1, 0.15) is 11.5 Å². The standard InChI is InChI=1S/C22H26N4O2/c1-15-6-3-8-17(23-15)19(27)26-22-11-5-10-21(14-22,12-13-22)20(28)25-18-9-4-7-16(2)24-18/h3-4,6-9H,5,10-14H2,1-2H3,(H,26,27)(H,24,25,28). The van der Waals surface area contributed by atoms with E-state index in [2.05, 4.69) is 20.6 Å². The van der Waals surface area contributed by atoms with Crippen LogP contribution in [0.3, 0.4) is 0 Å². The summed E-state index contributed by atoms with van der Waals surface area (Å²) in [4.78, 5) is 34.6. The largest absolute Gasteiger partial charge is 0.345 e. The van der Waals surface area contributed by atoms with Crippen molar-refractivity contribution in [3.05, 3.63) is 53.5 Å². The van der Waals surface area contributed by atoms with Crippen LogP contribution in [-0.2, 0) is 4.79 Å². The number of fused-ring (bicyclic) bond motifs is 2. The molecule has 28 heavy (non-hydrogen) atoms. The molecule has 2 aromatic heterocycles. The van der Waals surface area contributed by atoms with E-state index in [0.29, 0.717) is 17.9 Å². The summed E-state index contributed by atoms with van der Waals surface area (Å²) in [5, 5.41) is 6.23. The van der Waals surface area contributed by atoms with E-state index < -0.39 is 5.41 Å². The van der Waals surface area contributed by atoms with Crippen LogP contribution in [0.2, 0.25) is 0 Å². The fourth-order valence-corrected chi connectivity index (χ4v) is 4.81. The van der Waals surface area contributed by atoms with Crippen LogP contribution in [0.4, 0.5) is 5.82 Å². The number of carbonyl (C=O) groups is 2. The Bertz CT molecular complexity index is 928. The van der Waals surface area contributed by atoms with E-state index in [4.69, 9.17) is 0 Å². The van der Waals surface area contributed by atoms with E-state index in [-0.39, 0.29) is 17.4 Å². The summed E-state index contributed by atoms with van der Waals surface area (Å²) < 4.78 is 0. The Morgan fingerprint density at radius 3 is 2.43 bits per heavy atom. The van der Waals surface area contributed by atoms with Gasteiger partial charge in [0.15, 0.2) is 0 Å². The lowest BCUT2D eigenvalue weighted by molar-refractivity contribution is -0.126. The van der Waals surface area contributed by atoms with Crippen LogP contribution in [0.1, 0.15) is 60.4 Å². The Morgan fingerprint density at radius 2 is 1.68 bits per heavy atom. The van der Waals surface area contributed by atoms with Crippen molar-refractivity contribution in [2.45, 2.75) is 57.9 Å². The molecular weight excluding hydrogens is 352 g/mol. The highest BCUT2D eigenvalue weighted by Crippen LogP contribution is 2.54. The van der Waals surface area contributed by atoms with Crippen LogP contribution in [0.5, 0.6) is 0 Å². The molecule has 2 aromatic rings. The van der Waals surface area contributed by atoms with Gasteiger partial charge in [0.2, 0.25) is 5.91 Å². The van der Waals surface area contributed by atoms with Crippen LogP contribution in [-0.4, -0.2) is 27.3 Å². The van der Waals surface area contributed by atoms with Crippen LogP contribution in [0.15, 0.2) is 36.4 Å². The molecule has 2 bridgehead atoms. The number of nitrogens with one attached hydrogen (secondary N) is 2. The van der Waals surface area contributed by atoms with Crippen molar-refractivity contribution in [2.24, 2.45) is 5.41 Å². The van der Waals surface area contributed by atoms with Gasteiger partial charge in [-0.3, -0.25) is 9.59 Å². The molecule has 6 nitrogen and oxygen atoms in total. The Morgan fingerprint density at radius 1 is 0.929 bits per heavy atom. The van der Waals surface area contributed by atoms with Crippen LogP contribution < -0.4 is 10.6 Å². The number of hydrogen-bond donors (Lipinski definition) is 2. The van der Waals surface area contributed by atoms with Gasteiger partial charge in [0.25, 0.3) is 5.91 Å². The molecule has 2 saturated carbocycles. The lowest BCUT2D eigenvalue weighted by atomic mass is 9.72. The molecule has 0 radical (unpaired) electrons. The first-order valence-corrected chi connectivity index (χ1v) is 9.91. The second kappa shape index (κ2) is 7.00. The number of hydrogen-bond acceptors (Lipinski definition) is 4. The molecular formula is C22H26N4O2. The monoisotopic (exact) mass is 378 g/mol. The maximum Gasteiger partial charge on any atom is 0.270 e. The van der Waals surface area contributed by atoms with Crippen LogP contribution >= 0.6 is 0 Å². The van der Waals surface area contributed by atoms with Crippen molar-refractivity contribution in [3.8, 4) is 0 Å². The molecule has 2 N–H and O–H groups in total. The summed E-state index contributed by atoms with van der Waals surface area (Å²) in [5.41, 5.74) is 1.37. The predicted octanol–water partition coefficient (Wildman–Crippen LogP) is 3.55. The number of aromatic nitrogens is 2. The maximum absolute atomic E-state index is 13.1. The van der Waals surface area contributed by atoms with Crippen LogP contribution in [0, 0.1) is 19.3 Å². The number of aryl methyl sites for hydroxylation is 2. The topological polar surface area (TPSA) is 84.0 Å². The van der Waals surface area contributed by atoms with Gasteiger partial charge in [-0.15, -0.1) is 0 Å². The molecule has 0 aromatic carbocycles. The van der Waals surface area contributed by atoms with Crippen LogP contribution in [0.25, 0.3) is 0 Å². The quantitative estimate of drug-likeness (QED) is 0.852. The third kappa shape index (κ3) is 3.51. The summed E-state index contributed by atoms with van der Waals surface area (Å²) in [6.45, 7) is 3.78. The van der Waals surface area contributed by atoms with Gasteiger partial charge < -0.3 is 10.6 Å². The highest BCUT2D eigenvalue weighted by atomic mass is 16.2. The number of anilines is 1. The van der Waals surface area contributed by atoms with Crippen molar-refractivity contribution < 1.29 is 9.59 Å². The molecule has 146 valence electrons. The van der Waals surface area contributed by atoms with Gasteiger partial charge in [-0.05, 0) is 70.2 Å². The Kier molecular flexibility index (Phi) is 4.65. The first-order chi connectivity index (χ1) is 13.4. The molecule has 2 amide bonds. The fraction of sp³-hybridized carbons (Fsp3) is 0.455. The van der Waals surface area contributed by atoms with Gasteiger partial charge in [-0.1, -0.05) is 18.6 Å². The Balaban J connectivity index is 1.49. The van der Waals surface area contributed by atoms with E-state index in [9.17, 15) is 9.59 Å². The van der Waals surface area contributed by atoms with Crippen molar-refractivity contribution in [2.75, 3.05) is 5.32 Å². The molecule has 6 heteroatoms. The summed E-state index contributed by atoms with van der Waals surface area (Å²) in [6, 6.07) is 11.1. The van der Waals surface area contributed by atoms with E-state index in [1.54, 1.807) is 6.07 Å². The number of carbonyl (C=O) groups excluding carboxylic acids is 2. The van der Waals surface area contributed by atoms with Gasteiger partial charge in [0.05, 0.1) is 5.41 Å². The fourth-order valence-electron chi connectivity index (χ4n) is 4.81. The zero-order valence-electron chi connectivity index (χ0n) is 16.4. The number of amides is 2. The molecule has 2 aliphatic carbocycles. The Labute approximate surface area is 165 Å². The third-order valence-electron chi connectivity index (χ3n) is 6.18. The summed E-state index contributed by atoms with van der Waals surface area (Å²) in [6.07, 6.45) is 4.96. The zero-order valence-corrected chi connectivity index (χ0v) is 16.4. The highest BCUT2D eigenvalue weighted by Gasteiger charge is 2.55. The van der Waals surface area contributed by atoms with Crippen molar-refractivity contribution >= 4 is 17.6 Å². The second-order valence-corrected chi connectivity index (χ2v) is 8.33. The average molecular weight is 378 g/mol. The zero-order chi connectivity index (χ0) is 19.8. The smallest absolute Gasteiger partial charge is 0.270 e. The average Bonchev–Trinajstić information content (AvgIpc) is 2.93. The molecule has 2 atom stereocenters. The van der Waals surface area contributed by atoms with Crippen molar-refractivity contribution in [3.63, 3.8) is 0 Å². The summed E-state index contributed by atoms with van der Waals surface area (Å²) in [5.74, 6) is 0.465. The molecule has 0 spiro atoms. The minimum absolute atomic E-state index is 0.0232. The summed E-state index contributed by atoms with van der Waals surface area (Å²) >= 11 is 0. The molecule has 2 fully saturated rings. The highest BCUT2D eigenvalue weighted by molar-refractivity contribution is 5.96. The van der Waals surface area contributed by atoms with Crippen molar-refractivity contribution in [1.82, 2.24) is 15.3 Å². The summed E-state index contributed by atoms with van der Waals surface area (Å²) in [7, 11) is 0. The van der Waals surface area contributed by atoms with E-state index >= 15 is 0 Å². The minimum Gasteiger partial charge on any atom is -0.345 e. The minimum atomic E-state index is -0.434. The molecule has 0 aliphatic heterocycles. The Hall–Kier alpha value is -2.76. The van der Waals surface area contributed by atoms with E-state index in [1.165, 1.54) is 0 Å². The van der Waals surface area contributed by atoms with Gasteiger partial charge in [0, 0.05) is 16.9 Å². The van der Waals surface area contributed by atoms with Gasteiger partial charge in [-0.2, -0.15) is 0 Å². The number of pyridine rings is 2. The second-order valence-electron chi connectivity index (χ2n) is 8.33. The third-order valence-corrected chi connectivity index (χ3v) is 6.18. The molecule has 2 unspecified atom stereocenters. The number of rotatable bonds is 4. The van der Waals surface area contributed by atoms with E-state index in [1.807, 2.05) is 44.2 Å². The first kappa shape index (κ1) is 18.6. The van der Waals surface area contributed by atoms with Gasteiger partial charge >= 0.3 is 0 Å². The van der Waals surface area contributed by atoms with E-state index in [0.717, 1.165) is 43.5 Å². The first-order valence-electron chi connectivity index (χ1n) is 9.91. The molecule has 4 rings (SSSR count). The molecule has 0 saturated heterocycles.